The zero-order valence-electron chi connectivity index (χ0n) is 11.2. The van der Waals surface area contributed by atoms with Gasteiger partial charge in [0.15, 0.2) is 0 Å². The molecule has 0 bridgehead atoms. The highest BCUT2D eigenvalue weighted by Gasteiger charge is 2.34. The fraction of sp³-hybridized carbons (Fsp3) is 0.429. The number of nitrogens with zero attached hydrogens (tertiary/aromatic N) is 2. The van der Waals surface area contributed by atoms with E-state index in [1.807, 2.05) is 37.3 Å². The molecule has 0 spiro atoms. The van der Waals surface area contributed by atoms with Crippen LogP contribution in [0.25, 0.3) is 0 Å². The minimum absolute atomic E-state index is 0.132. The largest absolute Gasteiger partial charge is 0.439 e. The van der Waals surface area contributed by atoms with Gasteiger partial charge in [-0.3, -0.25) is 0 Å². The number of benzene rings is 1. The van der Waals surface area contributed by atoms with Crippen LogP contribution in [0.4, 0.5) is 10.5 Å². The second-order valence-corrected chi connectivity index (χ2v) is 5.41. The van der Waals surface area contributed by atoms with Crippen LogP contribution in [0, 0.1) is 5.41 Å². The zero-order valence-corrected chi connectivity index (χ0v) is 11.2. The van der Waals surface area contributed by atoms with E-state index in [-0.39, 0.29) is 11.5 Å². The van der Waals surface area contributed by atoms with Crippen molar-refractivity contribution in [1.29, 1.82) is 0 Å². The van der Waals surface area contributed by atoms with Crippen molar-refractivity contribution in [3.8, 4) is 0 Å². The highest BCUT2D eigenvalue weighted by atomic mass is 16.6. The molecule has 0 fully saturated rings. The highest BCUT2D eigenvalue weighted by molar-refractivity contribution is 6.01. The molecular weight excluding hydrogens is 228 g/mol. The van der Waals surface area contributed by atoms with E-state index in [0.29, 0.717) is 0 Å². The number of hydrogen-bond acceptors (Lipinski definition) is 3. The first-order chi connectivity index (χ1) is 8.39. The van der Waals surface area contributed by atoms with Crippen LogP contribution >= 0.6 is 0 Å². The van der Waals surface area contributed by atoms with Gasteiger partial charge in [0.25, 0.3) is 0 Å². The summed E-state index contributed by atoms with van der Waals surface area (Å²) in [6.07, 6.45) is -0.709. The van der Waals surface area contributed by atoms with Gasteiger partial charge < -0.3 is 4.74 Å². The third-order valence-electron chi connectivity index (χ3n) is 2.81. The third kappa shape index (κ3) is 2.37. The maximum absolute atomic E-state index is 11.9. The van der Waals surface area contributed by atoms with Crippen LogP contribution in [0.15, 0.2) is 35.4 Å². The van der Waals surface area contributed by atoms with Crippen LogP contribution in [0.2, 0.25) is 0 Å². The van der Waals surface area contributed by atoms with Crippen LogP contribution in [0.1, 0.15) is 27.7 Å². The Bertz CT molecular complexity index is 474. The quantitative estimate of drug-likeness (QED) is 0.761. The van der Waals surface area contributed by atoms with Gasteiger partial charge in [0.05, 0.1) is 11.4 Å². The maximum Gasteiger partial charge on any atom is 0.435 e. The molecule has 0 saturated carbocycles. The van der Waals surface area contributed by atoms with Crippen molar-refractivity contribution in [3.05, 3.63) is 30.3 Å². The highest BCUT2D eigenvalue weighted by Crippen LogP contribution is 2.27. The number of para-hydroxylation sites is 1. The Labute approximate surface area is 107 Å². The summed E-state index contributed by atoms with van der Waals surface area (Å²) in [5, 5.41) is 5.78. The van der Waals surface area contributed by atoms with Gasteiger partial charge in [0, 0.05) is 5.41 Å². The molecule has 1 aromatic rings. The molecule has 0 saturated heterocycles. The normalized spacial score (nSPS) is 20.4. The van der Waals surface area contributed by atoms with Gasteiger partial charge in [-0.05, 0) is 19.1 Å². The van der Waals surface area contributed by atoms with Gasteiger partial charge in [-0.25, -0.2) is 4.79 Å². The summed E-state index contributed by atoms with van der Waals surface area (Å²) in [5.41, 5.74) is 1.45. The number of amides is 1. The average Bonchev–Trinajstić information content (AvgIpc) is 2.28. The van der Waals surface area contributed by atoms with E-state index >= 15 is 0 Å². The molecule has 1 aliphatic heterocycles. The predicted molar refractivity (Wildman–Crippen MR) is 71.8 cm³/mol. The topological polar surface area (TPSA) is 41.9 Å². The van der Waals surface area contributed by atoms with Gasteiger partial charge in [-0.1, -0.05) is 39.0 Å². The fourth-order valence-electron chi connectivity index (χ4n) is 1.98. The Morgan fingerprint density at radius 1 is 1.22 bits per heavy atom. The summed E-state index contributed by atoms with van der Waals surface area (Å²) in [6, 6.07) is 9.30. The molecule has 1 atom stereocenters. The molecule has 1 aliphatic rings. The summed E-state index contributed by atoms with van der Waals surface area (Å²) in [4.78, 5) is 11.9. The first kappa shape index (κ1) is 12.6. The van der Waals surface area contributed by atoms with Crippen molar-refractivity contribution >= 4 is 17.5 Å². The molecule has 2 rings (SSSR count). The lowest BCUT2D eigenvalue weighted by atomic mass is 9.87. The summed E-state index contributed by atoms with van der Waals surface area (Å²) in [7, 11) is 0. The first-order valence-electron chi connectivity index (χ1n) is 6.04. The number of hydrazone groups is 1. The Kier molecular flexibility index (Phi) is 3.11. The molecule has 1 unspecified atom stereocenters. The molecule has 4 heteroatoms. The van der Waals surface area contributed by atoms with Gasteiger partial charge in [0.1, 0.15) is 6.10 Å². The van der Waals surface area contributed by atoms with E-state index < -0.39 is 6.09 Å². The van der Waals surface area contributed by atoms with Crippen LogP contribution in [0.5, 0.6) is 0 Å². The predicted octanol–water partition coefficient (Wildman–Crippen LogP) is 3.43. The number of carbonyl (C=O) groups excluding carboxylic acids is 1. The second-order valence-electron chi connectivity index (χ2n) is 5.41. The van der Waals surface area contributed by atoms with Crippen LogP contribution < -0.4 is 5.01 Å². The summed E-state index contributed by atoms with van der Waals surface area (Å²) in [5.74, 6) is 0. The van der Waals surface area contributed by atoms with Gasteiger partial charge in [-0.2, -0.15) is 10.1 Å². The number of anilines is 1. The number of hydrogen-bond donors (Lipinski definition) is 0. The van der Waals surface area contributed by atoms with E-state index in [2.05, 4.69) is 25.9 Å². The molecule has 0 radical (unpaired) electrons. The zero-order chi connectivity index (χ0) is 13.3. The average molecular weight is 246 g/mol. The maximum atomic E-state index is 11.9. The van der Waals surface area contributed by atoms with E-state index in [4.69, 9.17) is 4.74 Å². The lowest BCUT2D eigenvalue weighted by Gasteiger charge is -2.33. The van der Waals surface area contributed by atoms with Gasteiger partial charge in [-0.15, -0.1) is 0 Å². The monoisotopic (exact) mass is 246 g/mol. The molecular formula is C14H18N2O2. The Morgan fingerprint density at radius 3 is 2.39 bits per heavy atom. The van der Waals surface area contributed by atoms with Crippen molar-refractivity contribution in [2.24, 2.45) is 10.5 Å². The molecule has 0 N–H and O–H groups in total. The first-order valence-corrected chi connectivity index (χ1v) is 6.04. The number of rotatable bonds is 1. The Hall–Kier alpha value is -1.84. The van der Waals surface area contributed by atoms with Crippen molar-refractivity contribution < 1.29 is 9.53 Å². The van der Waals surface area contributed by atoms with Crippen LogP contribution in [0.3, 0.4) is 0 Å². The number of ether oxygens (including phenoxy) is 1. The minimum atomic E-state index is -0.429. The second kappa shape index (κ2) is 4.44. The summed E-state index contributed by atoms with van der Waals surface area (Å²) < 4.78 is 5.35. The molecule has 96 valence electrons. The van der Waals surface area contributed by atoms with Crippen molar-refractivity contribution in [3.63, 3.8) is 0 Å². The Morgan fingerprint density at radius 2 is 1.83 bits per heavy atom. The van der Waals surface area contributed by atoms with E-state index in [1.165, 1.54) is 5.01 Å². The molecule has 1 amide bonds. The molecule has 0 aromatic heterocycles. The standard InChI is InChI=1S/C14H18N2O2/c1-10-12(14(2,3)4)15-16(13(17)18-10)11-8-6-5-7-9-11/h5-10H,1-4H3. The molecule has 18 heavy (non-hydrogen) atoms. The smallest absolute Gasteiger partial charge is 0.435 e. The third-order valence-corrected chi connectivity index (χ3v) is 2.81. The molecule has 0 aliphatic carbocycles. The van der Waals surface area contributed by atoms with Crippen molar-refractivity contribution in [2.45, 2.75) is 33.8 Å². The van der Waals surface area contributed by atoms with Crippen molar-refractivity contribution in [2.75, 3.05) is 5.01 Å². The minimum Gasteiger partial charge on any atom is -0.439 e. The van der Waals surface area contributed by atoms with E-state index in [9.17, 15) is 4.79 Å². The fourth-order valence-corrected chi connectivity index (χ4v) is 1.98. The van der Waals surface area contributed by atoms with Crippen LogP contribution in [-0.4, -0.2) is 17.9 Å². The van der Waals surface area contributed by atoms with E-state index in [1.54, 1.807) is 0 Å². The SMILES string of the molecule is CC1OC(=O)N(c2ccccc2)N=C1C(C)(C)C. The van der Waals surface area contributed by atoms with E-state index in [0.717, 1.165) is 11.4 Å². The van der Waals surface area contributed by atoms with Gasteiger partial charge in [0.2, 0.25) is 0 Å². The summed E-state index contributed by atoms with van der Waals surface area (Å²) in [6.45, 7) is 8.03. The molecule has 1 aromatic carbocycles. The van der Waals surface area contributed by atoms with Gasteiger partial charge >= 0.3 is 6.09 Å². The van der Waals surface area contributed by atoms with Crippen LogP contribution in [-0.2, 0) is 4.74 Å². The molecule has 4 nitrogen and oxygen atoms in total. The lowest BCUT2D eigenvalue weighted by molar-refractivity contribution is 0.131. The lowest BCUT2D eigenvalue weighted by Crippen LogP contribution is -2.44. The van der Waals surface area contributed by atoms with Crippen molar-refractivity contribution in [1.82, 2.24) is 0 Å². The number of carbonyl (C=O) groups is 1. The molecule has 1 heterocycles. The summed E-state index contributed by atoms with van der Waals surface area (Å²) >= 11 is 0. The number of cyclic esters (lactones) is 1. The Balaban J connectivity index is 2.42.